The van der Waals surface area contributed by atoms with Gasteiger partial charge in [0, 0.05) is 11.0 Å². The third-order valence-corrected chi connectivity index (χ3v) is 4.02. The Balaban J connectivity index is 2.37. The van der Waals surface area contributed by atoms with Gasteiger partial charge >= 0.3 is 6.09 Å². The van der Waals surface area contributed by atoms with E-state index in [0.717, 1.165) is 35.1 Å². The zero-order valence-corrected chi connectivity index (χ0v) is 13.5. The van der Waals surface area contributed by atoms with Crippen LogP contribution in [0.1, 0.15) is 38.3 Å². The van der Waals surface area contributed by atoms with Crippen molar-refractivity contribution in [3.05, 3.63) is 27.7 Å². The van der Waals surface area contributed by atoms with E-state index in [4.69, 9.17) is 4.74 Å². The van der Waals surface area contributed by atoms with Crippen LogP contribution in [0.4, 0.5) is 10.5 Å². The molecule has 0 spiro atoms. The lowest BCUT2D eigenvalue weighted by Gasteiger charge is -2.33. The topological polar surface area (TPSA) is 29.5 Å². The molecule has 0 fully saturated rings. The van der Waals surface area contributed by atoms with Crippen molar-refractivity contribution >= 4 is 27.7 Å². The molecule has 0 N–H and O–H groups in total. The van der Waals surface area contributed by atoms with Crippen molar-refractivity contribution in [3.8, 4) is 0 Å². The van der Waals surface area contributed by atoms with Crippen LogP contribution in [0.2, 0.25) is 0 Å². The van der Waals surface area contributed by atoms with Gasteiger partial charge in [-0.2, -0.15) is 0 Å². The maximum atomic E-state index is 12.3. The van der Waals surface area contributed by atoms with Crippen LogP contribution in [0.15, 0.2) is 16.6 Å². The summed E-state index contributed by atoms with van der Waals surface area (Å²) in [6.45, 7) is 8.43. The average Bonchev–Trinajstić information content (AvgIpc) is 2.31. The summed E-state index contributed by atoms with van der Waals surface area (Å²) in [6, 6.07) is 4.13. The molecule has 0 unspecified atom stereocenters. The minimum absolute atomic E-state index is 0.255. The predicted octanol–water partition coefficient (Wildman–Crippen LogP) is 4.45. The summed E-state index contributed by atoms with van der Waals surface area (Å²) in [5.74, 6) is 0. The highest BCUT2D eigenvalue weighted by atomic mass is 79.9. The number of amides is 1. The Morgan fingerprint density at radius 1 is 1.37 bits per heavy atom. The quantitative estimate of drug-likeness (QED) is 0.705. The summed E-state index contributed by atoms with van der Waals surface area (Å²) in [4.78, 5) is 14.1. The van der Waals surface area contributed by atoms with Crippen molar-refractivity contribution < 1.29 is 9.53 Å². The normalized spacial score (nSPS) is 15.1. The molecule has 1 aliphatic rings. The maximum Gasteiger partial charge on any atom is 0.414 e. The Labute approximate surface area is 123 Å². The van der Waals surface area contributed by atoms with Gasteiger partial charge in [0.1, 0.15) is 5.60 Å². The van der Waals surface area contributed by atoms with Crippen LogP contribution >= 0.6 is 15.9 Å². The average molecular weight is 326 g/mol. The van der Waals surface area contributed by atoms with Gasteiger partial charge in [-0.15, -0.1) is 0 Å². The van der Waals surface area contributed by atoms with E-state index in [9.17, 15) is 4.79 Å². The number of anilines is 1. The van der Waals surface area contributed by atoms with Crippen LogP contribution in [0, 0.1) is 6.92 Å². The summed E-state index contributed by atoms with van der Waals surface area (Å²) in [5.41, 5.74) is 2.87. The number of nitrogens with zero attached hydrogens (tertiary/aromatic N) is 1. The van der Waals surface area contributed by atoms with Gasteiger partial charge in [0.25, 0.3) is 0 Å². The fourth-order valence-electron chi connectivity index (χ4n) is 2.35. The molecule has 0 saturated carbocycles. The third kappa shape index (κ3) is 3.11. The summed E-state index contributed by atoms with van der Waals surface area (Å²) in [6.07, 6.45) is 1.74. The molecular weight excluding hydrogens is 306 g/mol. The molecule has 3 nitrogen and oxygen atoms in total. The molecule has 19 heavy (non-hydrogen) atoms. The van der Waals surface area contributed by atoms with Crippen molar-refractivity contribution in [1.29, 1.82) is 0 Å². The van der Waals surface area contributed by atoms with E-state index < -0.39 is 5.60 Å². The first kappa shape index (κ1) is 14.4. The molecule has 4 heteroatoms. The maximum absolute atomic E-state index is 12.3. The largest absolute Gasteiger partial charge is 0.443 e. The minimum atomic E-state index is -0.464. The summed E-state index contributed by atoms with van der Waals surface area (Å²) in [5, 5.41) is 0. The van der Waals surface area contributed by atoms with Gasteiger partial charge in [0.2, 0.25) is 0 Å². The zero-order valence-electron chi connectivity index (χ0n) is 11.9. The molecule has 1 amide bonds. The standard InChI is InChI=1S/C15H20BrNO2/c1-10-12(16)8-7-11-6-5-9-17(13(10)11)14(18)19-15(2,3)4/h7-8H,5-6,9H2,1-4H3. The smallest absolute Gasteiger partial charge is 0.414 e. The molecule has 0 bridgehead atoms. The lowest BCUT2D eigenvalue weighted by Crippen LogP contribution is -2.40. The molecule has 0 atom stereocenters. The molecule has 104 valence electrons. The van der Waals surface area contributed by atoms with Gasteiger partial charge in [-0.1, -0.05) is 22.0 Å². The Morgan fingerprint density at radius 3 is 2.68 bits per heavy atom. The van der Waals surface area contributed by atoms with E-state index in [1.807, 2.05) is 33.8 Å². The molecule has 2 rings (SSSR count). The van der Waals surface area contributed by atoms with Crippen molar-refractivity contribution in [2.24, 2.45) is 0 Å². The van der Waals surface area contributed by atoms with E-state index in [-0.39, 0.29) is 6.09 Å². The van der Waals surface area contributed by atoms with Gasteiger partial charge in [0.05, 0.1) is 5.69 Å². The lowest BCUT2D eigenvalue weighted by atomic mass is 9.98. The number of carbonyl (C=O) groups is 1. The van der Waals surface area contributed by atoms with Gasteiger partial charge < -0.3 is 4.74 Å². The molecule has 1 aliphatic heterocycles. The number of ether oxygens (including phenoxy) is 1. The molecule has 1 aromatic rings. The van der Waals surface area contributed by atoms with Crippen LogP contribution in [0.3, 0.4) is 0 Å². The summed E-state index contributed by atoms with van der Waals surface area (Å²) in [7, 11) is 0. The van der Waals surface area contributed by atoms with E-state index in [0.29, 0.717) is 0 Å². The molecular formula is C15H20BrNO2. The first-order chi connectivity index (χ1) is 8.79. The molecule has 0 aliphatic carbocycles. The summed E-state index contributed by atoms with van der Waals surface area (Å²) < 4.78 is 6.53. The number of aryl methyl sites for hydroxylation is 1. The van der Waals surface area contributed by atoms with Crippen molar-refractivity contribution in [2.45, 2.75) is 46.1 Å². The van der Waals surface area contributed by atoms with Crippen LogP contribution in [-0.2, 0) is 11.2 Å². The first-order valence-electron chi connectivity index (χ1n) is 6.58. The number of halogens is 1. The van der Waals surface area contributed by atoms with Gasteiger partial charge in [0.15, 0.2) is 0 Å². The van der Waals surface area contributed by atoms with Gasteiger partial charge in [-0.25, -0.2) is 4.79 Å². The van der Waals surface area contributed by atoms with Crippen LogP contribution in [0.5, 0.6) is 0 Å². The fraction of sp³-hybridized carbons (Fsp3) is 0.533. The number of carbonyl (C=O) groups excluding carboxylic acids is 1. The molecule has 0 saturated heterocycles. The van der Waals surface area contributed by atoms with Crippen LogP contribution in [-0.4, -0.2) is 18.2 Å². The van der Waals surface area contributed by atoms with Crippen LogP contribution in [0.25, 0.3) is 0 Å². The molecule has 0 aromatic heterocycles. The Bertz CT molecular complexity index is 506. The Kier molecular flexibility index (Phi) is 3.90. The Hall–Kier alpha value is -1.03. The minimum Gasteiger partial charge on any atom is -0.443 e. The highest BCUT2D eigenvalue weighted by Gasteiger charge is 2.28. The summed E-state index contributed by atoms with van der Waals surface area (Å²) >= 11 is 3.53. The van der Waals surface area contributed by atoms with E-state index in [1.54, 1.807) is 4.90 Å². The second kappa shape index (κ2) is 5.16. The van der Waals surface area contributed by atoms with Crippen LogP contribution < -0.4 is 4.90 Å². The Morgan fingerprint density at radius 2 is 2.05 bits per heavy atom. The lowest BCUT2D eigenvalue weighted by molar-refractivity contribution is 0.0577. The third-order valence-electron chi connectivity index (χ3n) is 3.16. The molecule has 0 radical (unpaired) electrons. The van der Waals surface area contributed by atoms with E-state index >= 15 is 0 Å². The highest BCUT2D eigenvalue weighted by molar-refractivity contribution is 9.10. The number of rotatable bonds is 0. The number of fused-ring (bicyclic) bond motifs is 1. The van der Waals surface area contributed by atoms with Gasteiger partial charge in [-0.05, 0) is 57.7 Å². The molecule has 1 aromatic carbocycles. The first-order valence-corrected chi connectivity index (χ1v) is 7.37. The van der Waals surface area contributed by atoms with E-state index in [2.05, 4.69) is 22.0 Å². The van der Waals surface area contributed by atoms with Gasteiger partial charge in [-0.3, -0.25) is 4.90 Å². The van der Waals surface area contributed by atoms with Crippen molar-refractivity contribution in [3.63, 3.8) is 0 Å². The van der Waals surface area contributed by atoms with Crippen molar-refractivity contribution in [2.75, 3.05) is 11.4 Å². The number of hydrogen-bond donors (Lipinski definition) is 0. The zero-order chi connectivity index (χ0) is 14.2. The van der Waals surface area contributed by atoms with E-state index in [1.165, 1.54) is 5.56 Å². The second-order valence-corrected chi connectivity index (χ2v) is 6.77. The number of benzene rings is 1. The van der Waals surface area contributed by atoms with Crippen molar-refractivity contribution in [1.82, 2.24) is 0 Å². The predicted molar refractivity (Wildman–Crippen MR) is 80.8 cm³/mol. The molecule has 1 heterocycles. The monoisotopic (exact) mass is 325 g/mol. The fourth-order valence-corrected chi connectivity index (χ4v) is 2.67. The number of hydrogen-bond acceptors (Lipinski definition) is 2. The highest BCUT2D eigenvalue weighted by Crippen LogP contribution is 2.35. The second-order valence-electron chi connectivity index (χ2n) is 5.92. The SMILES string of the molecule is Cc1c(Br)ccc2c1N(C(=O)OC(C)(C)C)CCC2.